The first-order valence-electron chi connectivity index (χ1n) is 8.33. The van der Waals surface area contributed by atoms with Gasteiger partial charge in [-0.1, -0.05) is 32.6 Å². The second-order valence-electron chi connectivity index (χ2n) is 6.87. The molecule has 0 radical (unpaired) electrons. The van der Waals surface area contributed by atoms with Crippen LogP contribution in [-0.2, 0) is 0 Å². The van der Waals surface area contributed by atoms with E-state index in [1.807, 2.05) is 0 Å². The van der Waals surface area contributed by atoms with Gasteiger partial charge in [0.15, 0.2) is 0 Å². The molecule has 3 unspecified atom stereocenters. The van der Waals surface area contributed by atoms with Gasteiger partial charge in [0.05, 0.1) is 0 Å². The first-order valence-corrected chi connectivity index (χ1v) is 8.33. The van der Waals surface area contributed by atoms with Crippen molar-refractivity contribution in [2.75, 3.05) is 26.2 Å². The Morgan fingerprint density at radius 1 is 1.06 bits per heavy atom. The minimum atomic E-state index is 0.883. The highest BCUT2D eigenvalue weighted by Gasteiger charge is 2.43. The number of hydrogen-bond acceptors (Lipinski definition) is 2. The van der Waals surface area contributed by atoms with Gasteiger partial charge < -0.3 is 5.32 Å². The van der Waals surface area contributed by atoms with Gasteiger partial charge in [0.2, 0.25) is 0 Å². The highest BCUT2D eigenvalue weighted by molar-refractivity contribution is 4.98. The van der Waals surface area contributed by atoms with E-state index in [0.29, 0.717) is 0 Å². The third-order valence-electron chi connectivity index (χ3n) is 5.71. The Balaban J connectivity index is 1.58. The molecule has 1 saturated carbocycles. The molecule has 0 spiro atoms. The normalized spacial score (nSPS) is 38.8. The average Bonchev–Trinajstić information content (AvgIpc) is 2.82. The lowest BCUT2D eigenvalue weighted by molar-refractivity contribution is 0.179. The Hall–Kier alpha value is -0.0800. The Kier molecular flexibility index (Phi) is 4.25. The third-order valence-corrected chi connectivity index (χ3v) is 5.71. The minimum absolute atomic E-state index is 0.883. The SMILES string of the molecule is CCC1C2CNCC2CN1CC1CCCCCC1. The van der Waals surface area contributed by atoms with Crippen molar-refractivity contribution in [1.29, 1.82) is 0 Å². The minimum Gasteiger partial charge on any atom is -0.316 e. The highest BCUT2D eigenvalue weighted by Crippen LogP contribution is 2.36. The van der Waals surface area contributed by atoms with Gasteiger partial charge in [-0.2, -0.15) is 0 Å². The Morgan fingerprint density at radius 2 is 1.83 bits per heavy atom. The second kappa shape index (κ2) is 5.92. The standard InChI is InChI=1S/C16H30N2/c1-2-16-15-10-17-9-14(15)12-18(16)11-13-7-5-3-4-6-8-13/h13-17H,2-12H2,1H3. The van der Waals surface area contributed by atoms with Gasteiger partial charge in [-0.15, -0.1) is 0 Å². The molecule has 3 rings (SSSR count). The quantitative estimate of drug-likeness (QED) is 0.775. The molecule has 0 aromatic carbocycles. The molecule has 3 atom stereocenters. The van der Waals surface area contributed by atoms with Crippen molar-refractivity contribution in [1.82, 2.24) is 10.2 Å². The molecule has 2 aliphatic heterocycles. The van der Waals surface area contributed by atoms with Crippen LogP contribution in [-0.4, -0.2) is 37.1 Å². The molecular weight excluding hydrogens is 220 g/mol. The third kappa shape index (κ3) is 2.60. The summed E-state index contributed by atoms with van der Waals surface area (Å²) in [4.78, 5) is 2.87. The summed E-state index contributed by atoms with van der Waals surface area (Å²) < 4.78 is 0. The molecule has 0 amide bonds. The second-order valence-corrected chi connectivity index (χ2v) is 6.87. The van der Waals surface area contributed by atoms with Crippen LogP contribution in [0.15, 0.2) is 0 Å². The van der Waals surface area contributed by atoms with Crippen LogP contribution in [0.25, 0.3) is 0 Å². The summed E-state index contributed by atoms with van der Waals surface area (Å²) in [5.74, 6) is 2.93. The average molecular weight is 250 g/mol. The number of nitrogens with one attached hydrogen (secondary N) is 1. The molecule has 3 aliphatic rings. The van der Waals surface area contributed by atoms with Gasteiger partial charge in [0.1, 0.15) is 0 Å². The van der Waals surface area contributed by atoms with Crippen LogP contribution < -0.4 is 5.32 Å². The zero-order chi connectivity index (χ0) is 12.4. The molecule has 2 saturated heterocycles. The number of rotatable bonds is 3. The molecule has 1 N–H and O–H groups in total. The van der Waals surface area contributed by atoms with Gasteiger partial charge in [0, 0.05) is 19.1 Å². The van der Waals surface area contributed by atoms with E-state index >= 15 is 0 Å². The molecule has 1 aliphatic carbocycles. The van der Waals surface area contributed by atoms with Crippen LogP contribution >= 0.6 is 0 Å². The van der Waals surface area contributed by atoms with Crippen molar-refractivity contribution >= 4 is 0 Å². The predicted octanol–water partition coefficient (Wildman–Crippen LogP) is 2.89. The van der Waals surface area contributed by atoms with Crippen molar-refractivity contribution in [2.45, 2.75) is 57.9 Å². The number of nitrogens with zero attached hydrogens (tertiary/aromatic N) is 1. The topological polar surface area (TPSA) is 15.3 Å². The molecule has 0 aromatic heterocycles. The fourth-order valence-electron chi connectivity index (χ4n) is 4.76. The van der Waals surface area contributed by atoms with Gasteiger partial charge >= 0.3 is 0 Å². The first kappa shape index (κ1) is 12.9. The summed E-state index contributed by atoms with van der Waals surface area (Å²) in [6.07, 6.45) is 10.3. The molecular formula is C16H30N2. The van der Waals surface area contributed by atoms with Gasteiger partial charge in [0.25, 0.3) is 0 Å². The van der Waals surface area contributed by atoms with E-state index in [0.717, 1.165) is 23.8 Å². The Morgan fingerprint density at radius 3 is 2.56 bits per heavy atom. The lowest BCUT2D eigenvalue weighted by Crippen LogP contribution is -2.38. The van der Waals surface area contributed by atoms with Crippen LogP contribution in [0.2, 0.25) is 0 Å². The maximum Gasteiger partial charge on any atom is 0.0137 e. The largest absolute Gasteiger partial charge is 0.316 e. The van der Waals surface area contributed by atoms with E-state index in [1.165, 1.54) is 71.1 Å². The highest BCUT2D eigenvalue weighted by atomic mass is 15.2. The van der Waals surface area contributed by atoms with Crippen molar-refractivity contribution in [3.05, 3.63) is 0 Å². The van der Waals surface area contributed by atoms with E-state index in [9.17, 15) is 0 Å². The van der Waals surface area contributed by atoms with Crippen molar-refractivity contribution in [3.63, 3.8) is 0 Å². The van der Waals surface area contributed by atoms with Crippen LogP contribution in [0.4, 0.5) is 0 Å². The predicted molar refractivity (Wildman–Crippen MR) is 76.7 cm³/mol. The summed E-state index contributed by atoms with van der Waals surface area (Å²) in [5.41, 5.74) is 0. The summed E-state index contributed by atoms with van der Waals surface area (Å²) in [7, 11) is 0. The van der Waals surface area contributed by atoms with Gasteiger partial charge in [-0.05, 0) is 50.1 Å². The summed E-state index contributed by atoms with van der Waals surface area (Å²) in [6, 6.07) is 0.883. The van der Waals surface area contributed by atoms with E-state index in [1.54, 1.807) is 0 Å². The molecule has 104 valence electrons. The smallest absolute Gasteiger partial charge is 0.0137 e. The number of likely N-dealkylation sites (tertiary alicyclic amines) is 1. The molecule has 2 heteroatoms. The maximum atomic E-state index is 3.60. The van der Waals surface area contributed by atoms with Crippen LogP contribution in [0.3, 0.4) is 0 Å². The number of fused-ring (bicyclic) bond motifs is 1. The van der Waals surface area contributed by atoms with Crippen molar-refractivity contribution in [3.8, 4) is 0 Å². The zero-order valence-electron chi connectivity index (χ0n) is 12.0. The molecule has 18 heavy (non-hydrogen) atoms. The summed E-state index contributed by atoms with van der Waals surface area (Å²) in [6.45, 7) is 7.75. The summed E-state index contributed by atoms with van der Waals surface area (Å²) >= 11 is 0. The lowest BCUT2D eigenvalue weighted by Gasteiger charge is -2.30. The maximum absolute atomic E-state index is 3.60. The monoisotopic (exact) mass is 250 g/mol. The Labute approximate surface area is 113 Å². The fourth-order valence-corrected chi connectivity index (χ4v) is 4.76. The van der Waals surface area contributed by atoms with E-state index in [2.05, 4.69) is 17.1 Å². The van der Waals surface area contributed by atoms with Crippen molar-refractivity contribution < 1.29 is 0 Å². The zero-order valence-corrected chi connectivity index (χ0v) is 12.0. The number of hydrogen-bond donors (Lipinski definition) is 1. The Bertz CT molecular complexity index is 258. The molecule has 2 heterocycles. The first-order chi connectivity index (χ1) is 8.88. The van der Waals surface area contributed by atoms with Crippen LogP contribution in [0.1, 0.15) is 51.9 Å². The van der Waals surface area contributed by atoms with Crippen LogP contribution in [0, 0.1) is 17.8 Å². The van der Waals surface area contributed by atoms with Crippen LogP contribution in [0.5, 0.6) is 0 Å². The molecule has 2 nitrogen and oxygen atoms in total. The van der Waals surface area contributed by atoms with Crippen molar-refractivity contribution in [2.24, 2.45) is 17.8 Å². The van der Waals surface area contributed by atoms with Gasteiger partial charge in [-0.25, -0.2) is 0 Å². The van der Waals surface area contributed by atoms with E-state index < -0.39 is 0 Å². The molecule has 3 fully saturated rings. The lowest BCUT2D eigenvalue weighted by atomic mass is 9.92. The van der Waals surface area contributed by atoms with E-state index in [4.69, 9.17) is 0 Å². The fraction of sp³-hybridized carbons (Fsp3) is 1.00. The molecule has 0 bridgehead atoms. The molecule has 0 aromatic rings. The summed E-state index contributed by atoms with van der Waals surface area (Å²) in [5, 5.41) is 3.60. The van der Waals surface area contributed by atoms with Gasteiger partial charge in [-0.3, -0.25) is 4.90 Å². The van der Waals surface area contributed by atoms with E-state index in [-0.39, 0.29) is 0 Å².